The highest BCUT2D eigenvalue weighted by atomic mass is 16.3. The minimum Gasteiger partial charge on any atom is -0.390 e. The lowest BCUT2D eigenvalue weighted by molar-refractivity contribution is -0.160. The van der Waals surface area contributed by atoms with Gasteiger partial charge >= 0.3 is 0 Å². The molecule has 0 aliphatic heterocycles. The molecule has 11 unspecified atom stereocenters. The van der Waals surface area contributed by atoms with Crippen molar-refractivity contribution in [1.82, 2.24) is 0 Å². The average Bonchev–Trinajstić information content (AvgIpc) is 3.10. The molecule has 2 N–H and O–H groups in total. The van der Waals surface area contributed by atoms with E-state index in [-0.39, 0.29) is 34.4 Å². The fourth-order valence-electron chi connectivity index (χ4n) is 9.00. The first-order valence-electron chi connectivity index (χ1n) is 13.3. The molecule has 4 saturated carbocycles. The second-order valence-electron chi connectivity index (χ2n) is 13.0. The lowest BCUT2D eigenvalue weighted by Gasteiger charge is -2.60. The van der Waals surface area contributed by atoms with Gasteiger partial charge < -0.3 is 10.2 Å². The zero-order chi connectivity index (χ0) is 23.6. The number of fused-ring (bicyclic) bond motifs is 5. The summed E-state index contributed by atoms with van der Waals surface area (Å²) >= 11 is 0. The maximum absolute atomic E-state index is 13.3. The largest absolute Gasteiger partial charge is 0.390 e. The number of ketones is 2. The minimum atomic E-state index is -0.704. The van der Waals surface area contributed by atoms with Gasteiger partial charge in [0.25, 0.3) is 0 Å². The van der Waals surface area contributed by atoms with E-state index in [1.165, 1.54) is 0 Å². The molecule has 0 heterocycles. The number of aliphatic hydroxyl groups is 2. The van der Waals surface area contributed by atoms with E-state index in [1.54, 1.807) is 0 Å². The van der Waals surface area contributed by atoms with Gasteiger partial charge in [0.15, 0.2) is 0 Å². The van der Waals surface area contributed by atoms with E-state index in [2.05, 4.69) is 34.6 Å². The van der Waals surface area contributed by atoms with Crippen LogP contribution in [0, 0.1) is 58.2 Å². The molecule has 0 aromatic heterocycles. The molecule has 0 aromatic rings. The van der Waals surface area contributed by atoms with Crippen molar-refractivity contribution in [3.05, 3.63) is 0 Å². The summed E-state index contributed by atoms with van der Waals surface area (Å²) in [7, 11) is 0. The van der Waals surface area contributed by atoms with E-state index >= 15 is 0 Å². The molecule has 182 valence electrons. The van der Waals surface area contributed by atoms with Crippen molar-refractivity contribution in [2.75, 3.05) is 0 Å². The molecular formula is C28H46O4. The third-order valence-corrected chi connectivity index (χ3v) is 11.5. The number of hydrogen-bond acceptors (Lipinski definition) is 4. The van der Waals surface area contributed by atoms with E-state index in [0.29, 0.717) is 54.6 Å². The first-order valence-corrected chi connectivity index (χ1v) is 13.3. The van der Waals surface area contributed by atoms with E-state index in [1.807, 2.05) is 6.92 Å². The summed E-state index contributed by atoms with van der Waals surface area (Å²) in [6.45, 7) is 13.1. The molecule has 0 aromatic carbocycles. The molecule has 4 heteroatoms. The van der Waals surface area contributed by atoms with Crippen molar-refractivity contribution < 1.29 is 19.8 Å². The van der Waals surface area contributed by atoms with Crippen LogP contribution in [0.2, 0.25) is 0 Å². The quantitative estimate of drug-likeness (QED) is 0.620. The van der Waals surface area contributed by atoms with Gasteiger partial charge in [-0.2, -0.15) is 0 Å². The molecule has 0 bridgehead atoms. The zero-order valence-corrected chi connectivity index (χ0v) is 21.1. The summed E-state index contributed by atoms with van der Waals surface area (Å²) in [6.07, 6.45) is 5.73. The Kier molecular flexibility index (Phi) is 6.47. The van der Waals surface area contributed by atoms with Gasteiger partial charge in [-0.3, -0.25) is 9.59 Å². The van der Waals surface area contributed by atoms with Crippen LogP contribution in [0.4, 0.5) is 0 Å². The van der Waals surface area contributed by atoms with Crippen molar-refractivity contribution in [3.8, 4) is 0 Å². The van der Waals surface area contributed by atoms with Gasteiger partial charge in [0.05, 0.1) is 12.2 Å². The SMILES string of the molecule is CC(C)C(C)C(O)C(O)C(C)C1CCC2C3CC(=O)C4CC(=O)CCC4(C)C3CCC12C. The van der Waals surface area contributed by atoms with Crippen molar-refractivity contribution in [3.63, 3.8) is 0 Å². The van der Waals surface area contributed by atoms with E-state index < -0.39 is 12.2 Å². The molecule has 11 atom stereocenters. The summed E-state index contributed by atoms with van der Waals surface area (Å²) in [6, 6.07) is 0. The number of rotatable bonds is 5. The molecule has 4 aliphatic rings. The van der Waals surface area contributed by atoms with Crippen LogP contribution in [0.1, 0.15) is 92.9 Å². The molecule has 0 amide bonds. The van der Waals surface area contributed by atoms with Gasteiger partial charge in [0.1, 0.15) is 11.6 Å². The Bertz CT molecular complexity index is 746. The summed E-state index contributed by atoms with van der Waals surface area (Å²) in [4.78, 5) is 25.4. The molecule has 32 heavy (non-hydrogen) atoms. The number of aliphatic hydroxyl groups excluding tert-OH is 2. The second kappa shape index (κ2) is 8.48. The van der Waals surface area contributed by atoms with Gasteiger partial charge in [-0.15, -0.1) is 0 Å². The van der Waals surface area contributed by atoms with Gasteiger partial charge in [0, 0.05) is 25.2 Å². The van der Waals surface area contributed by atoms with Gasteiger partial charge in [-0.1, -0.05) is 41.5 Å². The third kappa shape index (κ3) is 3.63. The Morgan fingerprint density at radius 3 is 2.16 bits per heavy atom. The van der Waals surface area contributed by atoms with Gasteiger partial charge in [-0.25, -0.2) is 0 Å². The van der Waals surface area contributed by atoms with Crippen molar-refractivity contribution in [1.29, 1.82) is 0 Å². The topological polar surface area (TPSA) is 74.6 Å². The van der Waals surface area contributed by atoms with E-state index in [0.717, 1.165) is 32.1 Å². The maximum Gasteiger partial charge on any atom is 0.137 e. The van der Waals surface area contributed by atoms with Crippen LogP contribution in [0.5, 0.6) is 0 Å². The summed E-state index contributed by atoms with van der Waals surface area (Å²) in [5.41, 5.74) is 0.109. The van der Waals surface area contributed by atoms with E-state index in [9.17, 15) is 19.8 Å². The molecule has 0 spiro atoms. The highest BCUT2D eigenvalue weighted by molar-refractivity contribution is 5.90. The van der Waals surface area contributed by atoms with Crippen molar-refractivity contribution in [2.45, 2.75) is 105 Å². The number of carbonyl (C=O) groups excluding carboxylic acids is 2. The fourth-order valence-corrected chi connectivity index (χ4v) is 9.00. The average molecular weight is 447 g/mol. The Morgan fingerprint density at radius 1 is 0.844 bits per heavy atom. The predicted octanol–water partition coefficient (Wildman–Crippen LogP) is 5.04. The first-order chi connectivity index (χ1) is 14.9. The van der Waals surface area contributed by atoms with Crippen LogP contribution in [-0.2, 0) is 9.59 Å². The second-order valence-corrected chi connectivity index (χ2v) is 13.0. The predicted molar refractivity (Wildman–Crippen MR) is 126 cm³/mol. The number of carbonyl (C=O) groups is 2. The van der Waals surface area contributed by atoms with Crippen LogP contribution >= 0.6 is 0 Å². The number of Topliss-reactive ketones (excluding diaryl/α,β-unsaturated/α-hetero) is 2. The van der Waals surface area contributed by atoms with Gasteiger partial charge in [-0.05, 0) is 84.4 Å². The Labute approximate surface area is 194 Å². The minimum absolute atomic E-state index is 0.0126. The normalized spacial score (nSPS) is 45.6. The summed E-state index contributed by atoms with van der Waals surface area (Å²) in [5.74, 6) is 2.86. The molecule has 4 rings (SSSR count). The monoisotopic (exact) mass is 446 g/mol. The lowest BCUT2D eigenvalue weighted by Crippen LogP contribution is -2.57. The molecule has 0 saturated heterocycles. The molecule has 4 aliphatic carbocycles. The standard InChI is InChI=1S/C28H46O4/c1-15(2)16(3)25(31)26(32)17(4)20-7-8-21-19-14-24(30)23-13-18(29)9-11-28(23,6)22(19)10-12-27(20,21)5/h15-17,19-23,25-26,31-32H,7-14H2,1-6H3. The van der Waals surface area contributed by atoms with Crippen LogP contribution in [-0.4, -0.2) is 34.0 Å². The first kappa shape index (κ1) is 24.4. The Balaban J connectivity index is 1.55. The van der Waals surface area contributed by atoms with E-state index in [4.69, 9.17) is 0 Å². The highest BCUT2D eigenvalue weighted by Gasteiger charge is 2.63. The molecule has 0 radical (unpaired) electrons. The lowest BCUT2D eigenvalue weighted by atomic mass is 9.44. The Morgan fingerprint density at radius 2 is 1.50 bits per heavy atom. The van der Waals surface area contributed by atoms with Crippen molar-refractivity contribution in [2.24, 2.45) is 58.2 Å². The smallest absolute Gasteiger partial charge is 0.137 e. The van der Waals surface area contributed by atoms with Crippen molar-refractivity contribution >= 4 is 11.6 Å². The summed E-state index contributed by atoms with van der Waals surface area (Å²) in [5, 5.41) is 22.0. The number of hydrogen-bond donors (Lipinski definition) is 2. The highest BCUT2D eigenvalue weighted by Crippen LogP contribution is 2.67. The third-order valence-electron chi connectivity index (χ3n) is 11.5. The van der Waals surface area contributed by atoms with Crippen LogP contribution in [0.25, 0.3) is 0 Å². The molecular weight excluding hydrogens is 400 g/mol. The Hall–Kier alpha value is -0.740. The van der Waals surface area contributed by atoms with Crippen LogP contribution in [0.3, 0.4) is 0 Å². The fraction of sp³-hybridized carbons (Fsp3) is 0.929. The molecule has 4 nitrogen and oxygen atoms in total. The maximum atomic E-state index is 13.3. The zero-order valence-electron chi connectivity index (χ0n) is 21.1. The van der Waals surface area contributed by atoms with Crippen LogP contribution < -0.4 is 0 Å². The summed E-state index contributed by atoms with van der Waals surface area (Å²) < 4.78 is 0. The van der Waals surface area contributed by atoms with Gasteiger partial charge in [0.2, 0.25) is 0 Å². The molecule has 4 fully saturated rings. The van der Waals surface area contributed by atoms with Crippen LogP contribution in [0.15, 0.2) is 0 Å².